The van der Waals surface area contributed by atoms with Gasteiger partial charge in [-0.1, -0.05) is 23.8 Å². The number of anilines is 2. The first-order valence-corrected chi connectivity index (χ1v) is 10.5. The molecule has 0 spiro atoms. The van der Waals surface area contributed by atoms with Crippen molar-refractivity contribution < 1.29 is 19.1 Å². The van der Waals surface area contributed by atoms with Gasteiger partial charge < -0.3 is 14.8 Å². The van der Waals surface area contributed by atoms with Gasteiger partial charge in [0.15, 0.2) is 11.6 Å². The first-order chi connectivity index (χ1) is 15.3. The third-order valence-corrected chi connectivity index (χ3v) is 5.08. The number of benzene rings is 2. The summed E-state index contributed by atoms with van der Waals surface area (Å²) < 4.78 is 11.1. The Labute approximate surface area is 186 Å². The Morgan fingerprint density at radius 3 is 2.78 bits per heavy atom. The van der Waals surface area contributed by atoms with Crippen LogP contribution < -0.4 is 10.1 Å². The molecule has 1 aromatic heterocycles. The highest BCUT2D eigenvalue weighted by atomic mass is 16.5. The lowest BCUT2D eigenvalue weighted by Crippen LogP contribution is -2.35. The first-order valence-electron chi connectivity index (χ1n) is 10.5. The van der Waals surface area contributed by atoms with Gasteiger partial charge in [-0.3, -0.25) is 4.79 Å². The summed E-state index contributed by atoms with van der Waals surface area (Å²) >= 11 is 0. The Morgan fingerprint density at radius 1 is 1.22 bits per heavy atom. The molecule has 1 N–H and O–H groups in total. The van der Waals surface area contributed by atoms with Crippen LogP contribution in [0.1, 0.15) is 53.5 Å². The minimum Gasteiger partial charge on any atom is -0.487 e. The molecule has 0 aliphatic carbocycles. The number of hydrogen-bond acceptors (Lipinski definition) is 7. The number of rotatable bonds is 5. The van der Waals surface area contributed by atoms with Crippen molar-refractivity contribution in [1.82, 2.24) is 9.97 Å². The molecule has 0 saturated carbocycles. The van der Waals surface area contributed by atoms with Gasteiger partial charge in [-0.15, -0.1) is 0 Å². The molecular weight excluding hydrogens is 406 g/mol. The quantitative estimate of drug-likeness (QED) is 0.561. The highest BCUT2D eigenvalue weighted by Gasteiger charge is 2.32. The Hall–Kier alpha value is -3.74. The molecule has 0 radical (unpaired) electrons. The van der Waals surface area contributed by atoms with Crippen LogP contribution in [0.4, 0.5) is 11.5 Å². The maximum absolute atomic E-state index is 12.6. The fourth-order valence-electron chi connectivity index (χ4n) is 3.63. The van der Waals surface area contributed by atoms with Gasteiger partial charge in [0.1, 0.15) is 22.7 Å². The molecule has 1 aliphatic heterocycles. The van der Waals surface area contributed by atoms with Crippen LogP contribution in [0.5, 0.6) is 5.75 Å². The molecule has 7 heteroatoms. The second kappa shape index (κ2) is 8.42. The average molecular weight is 431 g/mol. The number of aromatic nitrogens is 2. The molecule has 0 saturated heterocycles. The SMILES string of the molecule is CCOC(=O)c1cnc(-c2cccc(C)c2)nc1Nc1ccc2c(c1)C(=O)CC(C)(C)O2. The number of ether oxygens (including phenoxy) is 2. The van der Waals surface area contributed by atoms with Crippen molar-refractivity contribution in [2.45, 2.75) is 39.7 Å². The van der Waals surface area contributed by atoms with Gasteiger partial charge in [0.2, 0.25) is 0 Å². The number of ketones is 1. The lowest BCUT2D eigenvalue weighted by atomic mass is 9.93. The van der Waals surface area contributed by atoms with Gasteiger partial charge in [0.25, 0.3) is 0 Å². The lowest BCUT2D eigenvalue weighted by Gasteiger charge is -2.31. The van der Waals surface area contributed by atoms with Crippen LogP contribution in [0.3, 0.4) is 0 Å². The zero-order valence-corrected chi connectivity index (χ0v) is 18.6. The van der Waals surface area contributed by atoms with E-state index in [0.29, 0.717) is 35.1 Å². The summed E-state index contributed by atoms with van der Waals surface area (Å²) in [5.41, 5.74) is 2.70. The highest BCUT2D eigenvalue weighted by molar-refractivity contribution is 6.01. The zero-order chi connectivity index (χ0) is 22.9. The van der Waals surface area contributed by atoms with E-state index in [0.717, 1.165) is 11.1 Å². The number of esters is 1. The maximum Gasteiger partial charge on any atom is 0.343 e. The van der Waals surface area contributed by atoms with E-state index in [1.807, 2.05) is 45.0 Å². The van der Waals surface area contributed by atoms with Crippen molar-refractivity contribution in [2.24, 2.45) is 0 Å². The van der Waals surface area contributed by atoms with Crippen LogP contribution in [0, 0.1) is 6.92 Å². The standard InChI is InChI=1S/C25H25N3O4/c1-5-31-24(30)19-14-26-22(16-8-6-7-15(2)11-16)28-23(19)27-17-9-10-21-18(12-17)20(29)13-25(3,4)32-21/h6-12,14H,5,13H2,1-4H3,(H,26,27,28). The van der Waals surface area contributed by atoms with Crippen LogP contribution in [0.2, 0.25) is 0 Å². The predicted molar refractivity (Wildman–Crippen MR) is 122 cm³/mol. The van der Waals surface area contributed by atoms with Crippen molar-refractivity contribution in [3.8, 4) is 17.1 Å². The molecule has 2 heterocycles. The van der Waals surface area contributed by atoms with Gasteiger partial charge >= 0.3 is 5.97 Å². The molecule has 32 heavy (non-hydrogen) atoms. The van der Waals surface area contributed by atoms with Gasteiger partial charge in [-0.05, 0) is 52.0 Å². The summed E-state index contributed by atoms with van der Waals surface area (Å²) in [7, 11) is 0. The van der Waals surface area contributed by atoms with E-state index >= 15 is 0 Å². The normalized spacial score (nSPS) is 14.3. The van der Waals surface area contributed by atoms with E-state index in [4.69, 9.17) is 9.47 Å². The van der Waals surface area contributed by atoms with E-state index in [2.05, 4.69) is 15.3 Å². The van der Waals surface area contributed by atoms with Gasteiger partial charge in [0, 0.05) is 17.4 Å². The van der Waals surface area contributed by atoms with Crippen molar-refractivity contribution in [1.29, 1.82) is 0 Å². The van der Waals surface area contributed by atoms with Crippen molar-refractivity contribution in [3.05, 3.63) is 65.4 Å². The van der Waals surface area contributed by atoms with Gasteiger partial charge in [0.05, 0.1) is 18.6 Å². The van der Waals surface area contributed by atoms with E-state index in [1.54, 1.807) is 25.1 Å². The minimum absolute atomic E-state index is 0.00801. The molecule has 0 fully saturated rings. The summed E-state index contributed by atoms with van der Waals surface area (Å²) in [6.45, 7) is 7.74. The number of carbonyl (C=O) groups is 2. The lowest BCUT2D eigenvalue weighted by molar-refractivity contribution is 0.0525. The summed E-state index contributed by atoms with van der Waals surface area (Å²) in [4.78, 5) is 34.1. The molecule has 0 unspecified atom stereocenters. The minimum atomic E-state index is -0.536. The molecular formula is C25H25N3O4. The number of hydrogen-bond donors (Lipinski definition) is 1. The number of fused-ring (bicyclic) bond motifs is 1. The number of nitrogens with zero attached hydrogens (tertiary/aromatic N) is 2. The topological polar surface area (TPSA) is 90.4 Å². The van der Waals surface area contributed by atoms with Crippen LogP contribution in [-0.4, -0.2) is 33.9 Å². The molecule has 7 nitrogen and oxygen atoms in total. The Kier molecular flexibility index (Phi) is 5.65. The zero-order valence-electron chi connectivity index (χ0n) is 18.6. The summed E-state index contributed by atoms with van der Waals surface area (Å²) in [6.07, 6.45) is 1.75. The molecule has 0 atom stereocenters. The predicted octanol–water partition coefficient (Wildman–Crippen LogP) is 5.12. The number of carbonyl (C=O) groups excluding carboxylic acids is 2. The Bertz CT molecular complexity index is 1200. The van der Waals surface area contributed by atoms with Crippen LogP contribution >= 0.6 is 0 Å². The summed E-state index contributed by atoms with van der Waals surface area (Å²) in [5, 5.41) is 3.17. The van der Waals surface area contributed by atoms with Crippen molar-refractivity contribution in [3.63, 3.8) is 0 Å². The maximum atomic E-state index is 12.6. The average Bonchev–Trinajstić information content (AvgIpc) is 2.73. The van der Waals surface area contributed by atoms with Crippen molar-refractivity contribution >= 4 is 23.3 Å². The van der Waals surface area contributed by atoms with Crippen molar-refractivity contribution in [2.75, 3.05) is 11.9 Å². The third kappa shape index (κ3) is 4.46. The Morgan fingerprint density at radius 2 is 2.03 bits per heavy atom. The molecule has 2 aromatic carbocycles. The highest BCUT2D eigenvalue weighted by Crippen LogP contribution is 2.35. The molecule has 4 rings (SSSR count). The smallest absolute Gasteiger partial charge is 0.343 e. The van der Waals surface area contributed by atoms with E-state index in [1.165, 1.54) is 6.20 Å². The summed E-state index contributed by atoms with van der Waals surface area (Å²) in [5.74, 6) is 0.812. The largest absolute Gasteiger partial charge is 0.487 e. The number of nitrogens with one attached hydrogen (secondary N) is 1. The van der Waals surface area contributed by atoms with Crippen LogP contribution in [-0.2, 0) is 4.74 Å². The first kappa shape index (κ1) is 21.5. The van der Waals surface area contributed by atoms with E-state index < -0.39 is 11.6 Å². The second-order valence-electron chi connectivity index (χ2n) is 8.34. The van der Waals surface area contributed by atoms with Gasteiger partial charge in [-0.25, -0.2) is 14.8 Å². The number of aryl methyl sites for hydroxylation is 1. The second-order valence-corrected chi connectivity index (χ2v) is 8.34. The van der Waals surface area contributed by atoms with Crippen LogP contribution in [0.25, 0.3) is 11.4 Å². The molecule has 164 valence electrons. The molecule has 0 bridgehead atoms. The molecule has 1 aliphatic rings. The fourth-order valence-corrected chi connectivity index (χ4v) is 3.63. The summed E-state index contributed by atoms with van der Waals surface area (Å²) in [6, 6.07) is 13.1. The Balaban J connectivity index is 1.73. The number of Topliss-reactive ketones (excluding diaryl/α,β-unsaturated/α-hetero) is 1. The molecule has 0 amide bonds. The van der Waals surface area contributed by atoms with E-state index in [9.17, 15) is 9.59 Å². The van der Waals surface area contributed by atoms with Gasteiger partial charge in [-0.2, -0.15) is 0 Å². The van der Waals surface area contributed by atoms with E-state index in [-0.39, 0.29) is 18.0 Å². The fraction of sp³-hybridized carbons (Fsp3) is 0.280. The monoisotopic (exact) mass is 431 g/mol. The molecule has 3 aromatic rings. The van der Waals surface area contributed by atoms with Crippen LogP contribution in [0.15, 0.2) is 48.7 Å². The third-order valence-electron chi connectivity index (χ3n) is 5.08.